The van der Waals surface area contributed by atoms with E-state index in [1.807, 2.05) is 11.8 Å². The zero-order chi connectivity index (χ0) is 10.1. The predicted octanol–water partition coefficient (Wildman–Crippen LogP) is 2.41. The molecule has 0 aromatic rings. The largest absolute Gasteiger partial charge is 0.299 e. The first-order chi connectivity index (χ1) is 6.20. The molecule has 0 aliphatic carbocycles. The summed E-state index contributed by atoms with van der Waals surface area (Å²) >= 11 is 1.87. The summed E-state index contributed by atoms with van der Waals surface area (Å²) < 4.78 is 0. The van der Waals surface area contributed by atoms with Crippen LogP contribution in [0.1, 0.15) is 33.6 Å². The Morgan fingerprint density at radius 1 is 1.46 bits per heavy atom. The summed E-state index contributed by atoms with van der Waals surface area (Å²) in [5.41, 5.74) is 0. The van der Waals surface area contributed by atoms with Crippen molar-refractivity contribution < 1.29 is 0 Å². The minimum Gasteiger partial charge on any atom is -0.299 e. The molecule has 76 valence electrons. The average Bonchev–Trinajstić information content (AvgIpc) is 2.09. The van der Waals surface area contributed by atoms with Crippen LogP contribution in [0.5, 0.6) is 0 Å². The van der Waals surface area contributed by atoms with E-state index in [1.165, 1.54) is 18.6 Å². The van der Waals surface area contributed by atoms with Gasteiger partial charge in [0.2, 0.25) is 0 Å². The fourth-order valence-electron chi connectivity index (χ4n) is 0.973. The number of hydrogen-bond donors (Lipinski definition) is 1. The maximum atomic E-state index is 8.81. The van der Waals surface area contributed by atoms with Gasteiger partial charge in [0.15, 0.2) is 0 Å². The molecule has 1 unspecified atom stereocenters. The van der Waals surface area contributed by atoms with Gasteiger partial charge in [0, 0.05) is 11.8 Å². The molecule has 0 aromatic carbocycles. The van der Waals surface area contributed by atoms with Crippen LogP contribution in [-0.4, -0.2) is 23.6 Å². The van der Waals surface area contributed by atoms with Crippen molar-refractivity contribution in [2.45, 2.75) is 45.7 Å². The molecule has 0 fully saturated rings. The van der Waals surface area contributed by atoms with E-state index in [0.717, 1.165) is 5.75 Å². The first-order valence-corrected chi connectivity index (χ1v) is 6.09. The second-order valence-electron chi connectivity index (χ2n) is 3.43. The van der Waals surface area contributed by atoms with Crippen LogP contribution in [0.3, 0.4) is 0 Å². The Kier molecular flexibility index (Phi) is 8.27. The third-order valence-electron chi connectivity index (χ3n) is 1.62. The highest BCUT2D eigenvalue weighted by atomic mass is 32.2. The van der Waals surface area contributed by atoms with E-state index in [4.69, 9.17) is 5.26 Å². The van der Waals surface area contributed by atoms with Gasteiger partial charge in [-0.25, -0.2) is 0 Å². The van der Waals surface area contributed by atoms with Crippen molar-refractivity contribution in [1.82, 2.24) is 5.32 Å². The van der Waals surface area contributed by atoms with Crippen molar-refractivity contribution in [2.75, 3.05) is 11.5 Å². The zero-order valence-corrected chi connectivity index (χ0v) is 9.66. The fraction of sp³-hybridized carbons (Fsp3) is 0.900. The van der Waals surface area contributed by atoms with Crippen molar-refractivity contribution in [2.24, 2.45) is 0 Å². The van der Waals surface area contributed by atoms with Crippen LogP contribution in [0.15, 0.2) is 0 Å². The van der Waals surface area contributed by atoms with Crippen LogP contribution in [0, 0.1) is 11.3 Å². The molecule has 0 saturated heterocycles. The van der Waals surface area contributed by atoms with Crippen LogP contribution in [0.2, 0.25) is 0 Å². The van der Waals surface area contributed by atoms with Crippen LogP contribution in [-0.2, 0) is 0 Å². The smallest absolute Gasteiger partial charge is 0.105 e. The van der Waals surface area contributed by atoms with E-state index in [9.17, 15) is 0 Å². The van der Waals surface area contributed by atoms with Crippen molar-refractivity contribution in [3.63, 3.8) is 0 Å². The van der Waals surface area contributed by atoms with Gasteiger partial charge in [0.05, 0.1) is 6.07 Å². The van der Waals surface area contributed by atoms with Gasteiger partial charge in [-0.2, -0.15) is 17.0 Å². The molecular formula is C10H20N2S. The summed E-state index contributed by atoms with van der Waals surface area (Å²) in [5.74, 6) is 2.09. The van der Waals surface area contributed by atoms with Gasteiger partial charge < -0.3 is 0 Å². The van der Waals surface area contributed by atoms with Gasteiger partial charge in [0.25, 0.3) is 0 Å². The summed E-state index contributed by atoms with van der Waals surface area (Å²) in [6.45, 7) is 6.33. The van der Waals surface area contributed by atoms with Gasteiger partial charge in [-0.3, -0.25) is 5.32 Å². The maximum Gasteiger partial charge on any atom is 0.105 e. The summed E-state index contributed by atoms with van der Waals surface area (Å²) in [7, 11) is 0. The topological polar surface area (TPSA) is 35.8 Å². The predicted molar refractivity (Wildman–Crippen MR) is 59.9 cm³/mol. The van der Waals surface area contributed by atoms with Crippen molar-refractivity contribution in [3.8, 4) is 6.07 Å². The van der Waals surface area contributed by atoms with E-state index in [2.05, 4.69) is 32.2 Å². The number of rotatable bonds is 7. The standard InChI is InChI=1S/C10H20N2S/c1-4-5-6-13-8-10(7-11)12-9(2)3/h9-10,12H,4-6,8H2,1-3H3. The molecule has 2 nitrogen and oxygen atoms in total. The summed E-state index contributed by atoms with van der Waals surface area (Å²) in [6.07, 6.45) is 2.49. The minimum absolute atomic E-state index is 0.0156. The Balaban J connectivity index is 3.44. The Labute approximate surface area is 86.1 Å². The molecule has 0 aliphatic rings. The quantitative estimate of drug-likeness (QED) is 0.641. The van der Waals surface area contributed by atoms with Crippen LogP contribution in [0.4, 0.5) is 0 Å². The molecule has 0 spiro atoms. The first kappa shape index (κ1) is 12.8. The lowest BCUT2D eigenvalue weighted by molar-refractivity contribution is 0.560. The molecule has 3 heteroatoms. The Bertz CT molecular complexity index is 151. The van der Waals surface area contributed by atoms with Crippen LogP contribution >= 0.6 is 11.8 Å². The summed E-state index contributed by atoms with van der Waals surface area (Å²) in [4.78, 5) is 0. The Morgan fingerprint density at radius 3 is 2.62 bits per heavy atom. The molecule has 0 saturated carbocycles. The lowest BCUT2D eigenvalue weighted by Gasteiger charge is -2.13. The Hall–Kier alpha value is -0.200. The van der Waals surface area contributed by atoms with Gasteiger partial charge in [-0.1, -0.05) is 13.3 Å². The highest BCUT2D eigenvalue weighted by Crippen LogP contribution is 2.06. The second-order valence-corrected chi connectivity index (χ2v) is 4.58. The second kappa shape index (κ2) is 8.40. The summed E-state index contributed by atoms with van der Waals surface area (Å²) in [5, 5.41) is 12.0. The molecule has 0 amide bonds. The van der Waals surface area contributed by atoms with Gasteiger partial charge >= 0.3 is 0 Å². The zero-order valence-electron chi connectivity index (χ0n) is 8.84. The number of nitrogens with zero attached hydrogens (tertiary/aromatic N) is 1. The van der Waals surface area contributed by atoms with Crippen molar-refractivity contribution in [1.29, 1.82) is 5.26 Å². The van der Waals surface area contributed by atoms with Gasteiger partial charge in [-0.05, 0) is 26.0 Å². The molecule has 13 heavy (non-hydrogen) atoms. The average molecular weight is 200 g/mol. The number of hydrogen-bond acceptors (Lipinski definition) is 3. The number of nitrogens with one attached hydrogen (secondary N) is 1. The van der Waals surface area contributed by atoms with Crippen LogP contribution in [0.25, 0.3) is 0 Å². The molecule has 0 bridgehead atoms. The summed E-state index contributed by atoms with van der Waals surface area (Å²) in [6, 6.07) is 2.69. The highest BCUT2D eigenvalue weighted by molar-refractivity contribution is 7.99. The van der Waals surface area contributed by atoms with E-state index in [-0.39, 0.29) is 6.04 Å². The molecule has 0 radical (unpaired) electrons. The lowest BCUT2D eigenvalue weighted by atomic mass is 10.3. The highest BCUT2D eigenvalue weighted by Gasteiger charge is 2.07. The van der Waals surface area contributed by atoms with Crippen LogP contribution < -0.4 is 5.32 Å². The van der Waals surface area contributed by atoms with E-state index in [0.29, 0.717) is 6.04 Å². The molecule has 1 atom stereocenters. The SMILES string of the molecule is CCCCSCC(C#N)NC(C)C. The molecule has 0 rings (SSSR count). The number of thioether (sulfide) groups is 1. The molecule has 1 N–H and O–H groups in total. The van der Waals surface area contributed by atoms with E-state index >= 15 is 0 Å². The molecule has 0 heterocycles. The third kappa shape index (κ3) is 8.14. The fourth-order valence-corrected chi connectivity index (χ4v) is 2.04. The van der Waals surface area contributed by atoms with Gasteiger partial charge in [-0.15, -0.1) is 0 Å². The third-order valence-corrected chi connectivity index (χ3v) is 2.76. The maximum absolute atomic E-state index is 8.81. The minimum atomic E-state index is 0.0156. The monoisotopic (exact) mass is 200 g/mol. The molecule has 0 aliphatic heterocycles. The first-order valence-electron chi connectivity index (χ1n) is 4.94. The van der Waals surface area contributed by atoms with Crippen molar-refractivity contribution >= 4 is 11.8 Å². The molecule has 0 aromatic heterocycles. The van der Waals surface area contributed by atoms with E-state index < -0.39 is 0 Å². The Morgan fingerprint density at radius 2 is 2.15 bits per heavy atom. The van der Waals surface area contributed by atoms with Gasteiger partial charge in [0.1, 0.15) is 6.04 Å². The number of unbranched alkanes of at least 4 members (excludes halogenated alkanes) is 1. The normalized spacial score (nSPS) is 12.8. The van der Waals surface area contributed by atoms with E-state index in [1.54, 1.807) is 0 Å². The lowest BCUT2D eigenvalue weighted by Crippen LogP contribution is -2.35. The molecular weight excluding hydrogens is 180 g/mol. The number of nitriles is 1. The van der Waals surface area contributed by atoms with Crippen molar-refractivity contribution in [3.05, 3.63) is 0 Å².